The van der Waals surface area contributed by atoms with E-state index < -0.39 is 0 Å². The highest BCUT2D eigenvalue weighted by Crippen LogP contribution is 2.30. The Morgan fingerprint density at radius 3 is 2.77 bits per heavy atom. The van der Waals surface area contributed by atoms with E-state index in [4.69, 9.17) is 5.73 Å². The van der Waals surface area contributed by atoms with Crippen LogP contribution in [0.2, 0.25) is 0 Å². The lowest BCUT2D eigenvalue weighted by Crippen LogP contribution is -1.96. The van der Waals surface area contributed by atoms with Crippen LogP contribution < -0.4 is 5.73 Å². The van der Waals surface area contributed by atoms with Crippen molar-refractivity contribution in [3.63, 3.8) is 0 Å². The molecule has 0 saturated carbocycles. The van der Waals surface area contributed by atoms with Gasteiger partial charge in [-0.3, -0.25) is 4.99 Å². The van der Waals surface area contributed by atoms with Crippen molar-refractivity contribution in [2.45, 2.75) is 13.5 Å². The third-order valence-electron chi connectivity index (χ3n) is 4.32. The summed E-state index contributed by atoms with van der Waals surface area (Å²) < 4.78 is 2.01. The van der Waals surface area contributed by atoms with Gasteiger partial charge in [-0.2, -0.15) is 0 Å². The molecular weight excluding hydrogens is 326 g/mol. The Morgan fingerprint density at radius 2 is 2.04 bits per heavy atom. The predicted molar refractivity (Wildman–Crippen MR) is 104 cm³/mol. The number of fused-ring (bicyclic) bond motifs is 1. The summed E-state index contributed by atoms with van der Waals surface area (Å²) in [5.41, 5.74) is 10.8. The minimum atomic E-state index is 0.101. The van der Waals surface area contributed by atoms with E-state index in [0.717, 1.165) is 28.8 Å². The van der Waals surface area contributed by atoms with Crippen molar-refractivity contribution in [3.05, 3.63) is 72.3 Å². The molecule has 0 bridgehead atoms. The second-order valence-electron chi connectivity index (χ2n) is 6.25. The van der Waals surface area contributed by atoms with E-state index in [1.165, 1.54) is 5.56 Å². The molecule has 0 fully saturated rings. The van der Waals surface area contributed by atoms with Crippen LogP contribution in [0.25, 0.3) is 10.9 Å². The van der Waals surface area contributed by atoms with E-state index in [2.05, 4.69) is 15.0 Å². The van der Waals surface area contributed by atoms with Crippen molar-refractivity contribution in [2.24, 2.45) is 4.99 Å². The Hall–Kier alpha value is -3.54. The number of aromatic hydroxyl groups is 1. The number of rotatable bonds is 4. The van der Waals surface area contributed by atoms with Gasteiger partial charge >= 0.3 is 0 Å². The first-order chi connectivity index (χ1) is 12.6. The number of hydrogen-bond acceptors (Lipinski definition) is 4. The number of nitrogens with zero attached hydrogens (tertiary/aromatic N) is 3. The molecule has 2 aromatic carbocycles. The first kappa shape index (κ1) is 16.0. The number of nitrogens with one attached hydrogen (secondary N) is 1. The number of nitrogens with two attached hydrogens (primary N) is 1. The van der Waals surface area contributed by atoms with Crippen LogP contribution in [0.15, 0.2) is 66.2 Å². The zero-order valence-corrected chi connectivity index (χ0v) is 14.3. The number of hydrogen-bond donors (Lipinski definition) is 3. The molecule has 0 atom stereocenters. The van der Waals surface area contributed by atoms with Crippen LogP contribution in [0.4, 0.5) is 11.4 Å². The number of H-pyrrole nitrogens is 1. The molecule has 26 heavy (non-hydrogen) atoms. The molecule has 6 nitrogen and oxygen atoms in total. The first-order valence-corrected chi connectivity index (χ1v) is 8.30. The normalized spacial score (nSPS) is 12.0. The quantitative estimate of drug-likeness (QED) is 0.387. The second-order valence-corrected chi connectivity index (χ2v) is 6.25. The monoisotopic (exact) mass is 345 g/mol. The van der Waals surface area contributed by atoms with Crippen molar-refractivity contribution in [2.75, 3.05) is 5.73 Å². The lowest BCUT2D eigenvalue weighted by molar-refractivity contribution is 0.457. The van der Waals surface area contributed by atoms with E-state index in [-0.39, 0.29) is 5.88 Å². The summed E-state index contributed by atoms with van der Waals surface area (Å²) in [7, 11) is 0. The van der Waals surface area contributed by atoms with E-state index >= 15 is 0 Å². The molecular formula is C20H19N5O. The fraction of sp³-hybridized carbons (Fsp3) is 0.100. The molecule has 6 heteroatoms. The Balaban J connectivity index is 1.64. The summed E-state index contributed by atoms with van der Waals surface area (Å²) in [5.74, 6) is 0.101. The van der Waals surface area contributed by atoms with Gasteiger partial charge in [0, 0.05) is 35.5 Å². The minimum absolute atomic E-state index is 0.101. The van der Waals surface area contributed by atoms with Gasteiger partial charge in [0.05, 0.1) is 23.3 Å². The highest BCUT2D eigenvalue weighted by atomic mass is 16.3. The lowest BCUT2D eigenvalue weighted by atomic mass is 10.1. The summed E-state index contributed by atoms with van der Waals surface area (Å²) >= 11 is 0. The van der Waals surface area contributed by atoms with Crippen LogP contribution in [0.5, 0.6) is 5.88 Å². The van der Waals surface area contributed by atoms with Crippen LogP contribution in [0.1, 0.15) is 18.1 Å². The molecule has 0 spiro atoms. The van der Waals surface area contributed by atoms with Gasteiger partial charge in [-0.05, 0) is 42.8 Å². The molecule has 2 aromatic heterocycles. The number of aliphatic imine (C=N–C) groups is 1. The molecule has 0 amide bonds. The maximum absolute atomic E-state index is 10.3. The molecule has 0 saturated heterocycles. The standard InChI is InChI=1S/C20H19N5O/c1-13(19-17-10-15(21)4-7-18(17)24-20(19)26)23-16-5-2-14(3-6-16)11-25-9-8-22-12-25/h2-10,12,24,26H,11,21H2,1H3. The topological polar surface area (TPSA) is 92.2 Å². The van der Waals surface area contributed by atoms with E-state index in [9.17, 15) is 5.11 Å². The smallest absolute Gasteiger partial charge is 0.198 e. The fourth-order valence-electron chi connectivity index (χ4n) is 3.08. The van der Waals surface area contributed by atoms with Crippen LogP contribution in [0, 0.1) is 0 Å². The van der Waals surface area contributed by atoms with Gasteiger partial charge in [-0.1, -0.05) is 12.1 Å². The summed E-state index contributed by atoms with van der Waals surface area (Å²) in [6.45, 7) is 2.65. The Kier molecular flexibility index (Phi) is 3.93. The molecule has 2 heterocycles. The summed E-state index contributed by atoms with van der Waals surface area (Å²) in [6.07, 6.45) is 5.49. The van der Waals surface area contributed by atoms with Gasteiger partial charge < -0.3 is 20.4 Å². The van der Waals surface area contributed by atoms with Gasteiger partial charge in [0.15, 0.2) is 5.88 Å². The maximum Gasteiger partial charge on any atom is 0.198 e. The molecule has 4 N–H and O–H groups in total. The lowest BCUT2D eigenvalue weighted by Gasteiger charge is -2.04. The highest BCUT2D eigenvalue weighted by Gasteiger charge is 2.13. The van der Waals surface area contributed by atoms with E-state index in [1.54, 1.807) is 18.6 Å². The van der Waals surface area contributed by atoms with Crippen molar-refractivity contribution in [3.8, 4) is 5.88 Å². The fourth-order valence-corrected chi connectivity index (χ4v) is 3.08. The van der Waals surface area contributed by atoms with Crippen molar-refractivity contribution in [1.82, 2.24) is 14.5 Å². The molecule has 0 aliphatic heterocycles. The van der Waals surface area contributed by atoms with E-state index in [0.29, 0.717) is 11.3 Å². The number of anilines is 1. The largest absolute Gasteiger partial charge is 0.494 e. The molecule has 4 aromatic rings. The van der Waals surface area contributed by atoms with Gasteiger partial charge in [0.1, 0.15) is 0 Å². The minimum Gasteiger partial charge on any atom is -0.494 e. The summed E-state index contributed by atoms with van der Waals surface area (Å²) in [4.78, 5) is 11.7. The van der Waals surface area contributed by atoms with Crippen molar-refractivity contribution < 1.29 is 5.11 Å². The second kappa shape index (κ2) is 6.40. The molecule has 0 aliphatic rings. The number of aromatic amines is 1. The van der Waals surface area contributed by atoms with Crippen LogP contribution >= 0.6 is 0 Å². The number of aromatic nitrogens is 3. The average Bonchev–Trinajstić information content (AvgIpc) is 3.23. The summed E-state index contributed by atoms with van der Waals surface area (Å²) in [6, 6.07) is 13.5. The molecule has 0 aliphatic carbocycles. The number of nitrogen functional groups attached to an aromatic ring is 1. The maximum atomic E-state index is 10.3. The Bertz CT molecular complexity index is 1080. The van der Waals surface area contributed by atoms with Gasteiger partial charge in [0.2, 0.25) is 0 Å². The molecule has 130 valence electrons. The van der Waals surface area contributed by atoms with Gasteiger partial charge in [-0.25, -0.2) is 4.98 Å². The molecule has 0 radical (unpaired) electrons. The van der Waals surface area contributed by atoms with Crippen molar-refractivity contribution in [1.29, 1.82) is 0 Å². The molecule has 0 unspecified atom stereocenters. The van der Waals surface area contributed by atoms with E-state index in [1.807, 2.05) is 54.1 Å². The van der Waals surface area contributed by atoms with Crippen LogP contribution in [-0.4, -0.2) is 25.4 Å². The highest BCUT2D eigenvalue weighted by molar-refractivity contribution is 6.13. The predicted octanol–water partition coefficient (Wildman–Crippen LogP) is 3.84. The molecule has 4 rings (SSSR count). The van der Waals surface area contributed by atoms with Gasteiger partial charge in [0.25, 0.3) is 0 Å². The average molecular weight is 345 g/mol. The third kappa shape index (κ3) is 3.04. The SMILES string of the molecule is CC(=Nc1ccc(Cn2ccnc2)cc1)c1c(O)[nH]c2ccc(N)cc12. The van der Waals surface area contributed by atoms with Crippen LogP contribution in [0.3, 0.4) is 0 Å². The van der Waals surface area contributed by atoms with Crippen LogP contribution in [-0.2, 0) is 6.54 Å². The Labute approximate surface area is 150 Å². The van der Waals surface area contributed by atoms with Crippen molar-refractivity contribution >= 4 is 28.0 Å². The number of imidazole rings is 1. The number of benzene rings is 2. The zero-order valence-electron chi connectivity index (χ0n) is 14.3. The van der Waals surface area contributed by atoms with Gasteiger partial charge in [-0.15, -0.1) is 0 Å². The first-order valence-electron chi connectivity index (χ1n) is 8.30. The Morgan fingerprint density at radius 1 is 1.23 bits per heavy atom. The zero-order chi connectivity index (χ0) is 18.1. The third-order valence-corrected chi connectivity index (χ3v) is 4.32. The summed E-state index contributed by atoms with van der Waals surface area (Å²) in [5, 5.41) is 11.1.